The molecule has 0 atom stereocenters. The van der Waals surface area contributed by atoms with E-state index in [4.69, 9.17) is 0 Å². The highest BCUT2D eigenvalue weighted by atomic mass is 79.9. The van der Waals surface area contributed by atoms with E-state index in [2.05, 4.69) is 30.4 Å². The van der Waals surface area contributed by atoms with Crippen molar-refractivity contribution in [3.05, 3.63) is 59.2 Å². The summed E-state index contributed by atoms with van der Waals surface area (Å²) in [6, 6.07) is 11.5. The average Bonchev–Trinajstić information content (AvgIpc) is 2.53. The number of hydrogen-bond acceptors (Lipinski definition) is 4. The number of fused-ring (bicyclic) bond motifs is 1. The number of benzene rings is 2. The van der Waals surface area contributed by atoms with Crippen molar-refractivity contribution >= 4 is 42.5 Å². The van der Waals surface area contributed by atoms with Crippen LogP contribution in [-0.2, 0) is 10.0 Å². The van der Waals surface area contributed by atoms with Gasteiger partial charge >= 0.3 is 6.36 Å². The van der Waals surface area contributed by atoms with Gasteiger partial charge in [-0.15, -0.1) is 13.2 Å². The predicted molar refractivity (Wildman–Crippen MR) is 93.4 cm³/mol. The quantitative estimate of drug-likeness (QED) is 0.630. The van der Waals surface area contributed by atoms with Crippen LogP contribution in [-0.4, -0.2) is 19.8 Å². The molecule has 0 aliphatic carbocycles. The first kappa shape index (κ1) is 18.5. The highest BCUT2D eigenvalue weighted by Crippen LogP contribution is 2.34. The summed E-state index contributed by atoms with van der Waals surface area (Å²) in [5.41, 5.74) is 0.512. The molecule has 2 aromatic carbocycles. The van der Waals surface area contributed by atoms with Gasteiger partial charge in [0.05, 0.1) is 11.2 Å². The molecule has 0 bridgehead atoms. The summed E-state index contributed by atoms with van der Waals surface area (Å²) in [5, 5.41) is 0.676. The number of alkyl halides is 3. The van der Waals surface area contributed by atoms with Crippen molar-refractivity contribution in [2.75, 3.05) is 4.72 Å². The lowest BCUT2D eigenvalue weighted by molar-refractivity contribution is -0.275. The molecule has 3 rings (SSSR count). The number of rotatable bonds is 4. The molecule has 1 N–H and O–H groups in total. The topological polar surface area (TPSA) is 68.3 Å². The molecule has 0 spiro atoms. The summed E-state index contributed by atoms with van der Waals surface area (Å²) in [4.78, 5) is 3.46. The van der Waals surface area contributed by atoms with Crippen LogP contribution in [0, 0.1) is 0 Å². The Kier molecular flexibility index (Phi) is 4.80. The number of pyridine rings is 1. The first-order valence-corrected chi connectivity index (χ1v) is 9.35. The minimum Gasteiger partial charge on any atom is -0.404 e. The van der Waals surface area contributed by atoms with Gasteiger partial charge in [0, 0.05) is 16.1 Å². The molecule has 0 aliphatic rings. The molecule has 0 saturated heterocycles. The van der Waals surface area contributed by atoms with E-state index >= 15 is 0 Å². The fraction of sp³-hybridized carbons (Fsp3) is 0.0625. The number of halogens is 4. The molecule has 0 fully saturated rings. The maximum absolute atomic E-state index is 12.7. The third-order valence-corrected chi connectivity index (χ3v) is 5.20. The monoisotopic (exact) mass is 446 g/mol. The van der Waals surface area contributed by atoms with Crippen LogP contribution in [0.2, 0.25) is 0 Å². The Morgan fingerprint density at radius 3 is 2.54 bits per heavy atom. The van der Waals surface area contributed by atoms with E-state index in [1.165, 1.54) is 18.3 Å². The Morgan fingerprint density at radius 1 is 1.08 bits per heavy atom. The van der Waals surface area contributed by atoms with Gasteiger partial charge in [-0.2, -0.15) is 0 Å². The third-order valence-electron chi connectivity index (χ3n) is 3.30. The standard InChI is InChI=1S/C16H10BrF3N2O3S/c17-11-6-7-14(13(9-11)25-16(18,19)20)26(23,24)22-12-5-1-3-10-4-2-8-21-15(10)12/h1-9,22H. The van der Waals surface area contributed by atoms with E-state index in [0.717, 1.165) is 12.1 Å². The Labute approximate surface area is 155 Å². The number of para-hydroxylation sites is 1. The number of nitrogens with zero attached hydrogens (tertiary/aromatic N) is 1. The second-order valence-corrected chi connectivity index (χ2v) is 7.69. The van der Waals surface area contributed by atoms with E-state index in [0.29, 0.717) is 10.9 Å². The minimum atomic E-state index is -5.04. The van der Waals surface area contributed by atoms with Gasteiger partial charge in [0.2, 0.25) is 0 Å². The molecule has 0 amide bonds. The molecule has 26 heavy (non-hydrogen) atoms. The molecule has 3 aromatic rings. The summed E-state index contributed by atoms with van der Waals surface area (Å²) >= 11 is 3.00. The molecule has 136 valence electrons. The zero-order chi connectivity index (χ0) is 18.9. The molecular weight excluding hydrogens is 437 g/mol. The Morgan fingerprint density at radius 2 is 1.81 bits per heavy atom. The van der Waals surface area contributed by atoms with Crippen LogP contribution >= 0.6 is 15.9 Å². The molecule has 0 unspecified atom stereocenters. The van der Waals surface area contributed by atoms with Crippen LogP contribution < -0.4 is 9.46 Å². The molecule has 5 nitrogen and oxygen atoms in total. The summed E-state index contributed by atoms with van der Waals surface area (Å²) < 4.78 is 69.5. The zero-order valence-electron chi connectivity index (χ0n) is 12.8. The second-order valence-electron chi connectivity index (χ2n) is 5.13. The highest BCUT2D eigenvalue weighted by molar-refractivity contribution is 9.10. The van der Waals surface area contributed by atoms with Crippen LogP contribution in [0.5, 0.6) is 5.75 Å². The first-order valence-electron chi connectivity index (χ1n) is 7.07. The number of hydrogen-bond donors (Lipinski definition) is 1. The lowest BCUT2D eigenvalue weighted by Gasteiger charge is -2.15. The molecule has 0 saturated carbocycles. The first-order chi connectivity index (χ1) is 12.2. The van der Waals surface area contributed by atoms with Crippen molar-refractivity contribution in [2.45, 2.75) is 11.3 Å². The molecule has 1 aromatic heterocycles. The van der Waals surface area contributed by atoms with Crippen LogP contribution in [0.1, 0.15) is 0 Å². The van der Waals surface area contributed by atoms with Crippen LogP contribution in [0.15, 0.2) is 64.1 Å². The van der Waals surface area contributed by atoms with Gasteiger partial charge in [-0.1, -0.05) is 34.1 Å². The van der Waals surface area contributed by atoms with E-state index < -0.39 is 27.0 Å². The molecule has 0 aliphatic heterocycles. The average molecular weight is 447 g/mol. The Balaban J connectivity index is 2.06. The summed E-state index contributed by atoms with van der Waals surface area (Å²) in [6.07, 6.45) is -3.55. The van der Waals surface area contributed by atoms with Crippen molar-refractivity contribution in [1.29, 1.82) is 0 Å². The van der Waals surface area contributed by atoms with E-state index in [-0.39, 0.29) is 10.2 Å². The van der Waals surface area contributed by atoms with Crippen molar-refractivity contribution < 1.29 is 26.3 Å². The number of anilines is 1. The molecule has 0 radical (unpaired) electrons. The number of ether oxygens (including phenoxy) is 1. The second kappa shape index (κ2) is 6.76. The van der Waals surface area contributed by atoms with Gasteiger partial charge in [-0.05, 0) is 30.3 Å². The van der Waals surface area contributed by atoms with Gasteiger partial charge in [0.25, 0.3) is 10.0 Å². The normalized spacial score (nSPS) is 12.2. The van der Waals surface area contributed by atoms with Crippen LogP contribution in [0.4, 0.5) is 18.9 Å². The van der Waals surface area contributed by atoms with Crippen molar-refractivity contribution in [3.63, 3.8) is 0 Å². The third kappa shape index (κ3) is 4.07. The summed E-state index contributed by atoms with van der Waals surface area (Å²) in [7, 11) is -4.36. The van der Waals surface area contributed by atoms with Crippen LogP contribution in [0.25, 0.3) is 10.9 Å². The molecule has 10 heteroatoms. The lowest BCUT2D eigenvalue weighted by Crippen LogP contribution is -2.21. The Hall–Kier alpha value is -2.33. The number of nitrogens with one attached hydrogen (secondary N) is 1. The van der Waals surface area contributed by atoms with Gasteiger partial charge in [0.15, 0.2) is 5.75 Å². The number of aromatic nitrogens is 1. The van der Waals surface area contributed by atoms with Gasteiger partial charge in [-0.25, -0.2) is 8.42 Å². The molecule has 1 heterocycles. The largest absolute Gasteiger partial charge is 0.573 e. The van der Waals surface area contributed by atoms with Gasteiger partial charge in [-0.3, -0.25) is 9.71 Å². The SMILES string of the molecule is O=S(=O)(Nc1cccc2cccnc12)c1ccc(Br)cc1OC(F)(F)F. The van der Waals surface area contributed by atoms with Crippen molar-refractivity contribution in [2.24, 2.45) is 0 Å². The fourth-order valence-electron chi connectivity index (χ4n) is 2.29. The zero-order valence-corrected chi connectivity index (χ0v) is 15.2. The van der Waals surface area contributed by atoms with Crippen molar-refractivity contribution in [1.82, 2.24) is 4.98 Å². The van der Waals surface area contributed by atoms with Gasteiger partial charge < -0.3 is 4.74 Å². The van der Waals surface area contributed by atoms with E-state index in [9.17, 15) is 21.6 Å². The van der Waals surface area contributed by atoms with Crippen molar-refractivity contribution in [3.8, 4) is 5.75 Å². The maximum atomic E-state index is 12.7. The summed E-state index contributed by atoms with van der Waals surface area (Å²) in [6.45, 7) is 0. The fourth-order valence-corrected chi connectivity index (χ4v) is 3.81. The minimum absolute atomic E-state index is 0.143. The lowest BCUT2D eigenvalue weighted by atomic mass is 10.2. The van der Waals surface area contributed by atoms with E-state index in [1.807, 2.05) is 0 Å². The van der Waals surface area contributed by atoms with Gasteiger partial charge in [0.1, 0.15) is 4.90 Å². The Bertz CT molecular complexity index is 1070. The number of sulfonamides is 1. The highest BCUT2D eigenvalue weighted by Gasteiger charge is 2.34. The van der Waals surface area contributed by atoms with E-state index in [1.54, 1.807) is 24.3 Å². The predicted octanol–water partition coefficient (Wildman–Crippen LogP) is 4.70. The molecular formula is C16H10BrF3N2O3S. The smallest absolute Gasteiger partial charge is 0.404 e. The maximum Gasteiger partial charge on any atom is 0.573 e. The van der Waals surface area contributed by atoms with Crippen LogP contribution in [0.3, 0.4) is 0 Å². The summed E-state index contributed by atoms with van der Waals surface area (Å²) in [5.74, 6) is -0.840.